The molecule has 2 rings (SSSR count). The summed E-state index contributed by atoms with van der Waals surface area (Å²) in [5, 5.41) is 14.1. The Hall–Kier alpha value is -1.66. The number of nitrogens with zero attached hydrogens (tertiary/aromatic N) is 2. The topological polar surface area (TPSA) is 77.3 Å². The highest BCUT2D eigenvalue weighted by molar-refractivity contribution is 6.30. The van der Waals surface area contributed by atoms with Crippen LogP contribution < -0.4 is 5.32 Å². The lowest BCUT2D eigenvalue weighted by atomic mass is 10.1. The fourth-order valence-corrected chi connectivity index (χ4v) is 1.99. The first-order valence-electron chi connectivity index (χ1n) is 5.96. The fourth-order valence-electron chi connectivity index (χ4n) is 1.84. The summed E-state index contributed by atoms with van der Waals surface area (Å²) in [7, 11) is 0. The van der Waals surface area contributed by atoms with Crippen molar-refractivity contribution in [1.82, 2.24) is 4.98 Å². The lowest BCUT2D eigenvalue weighted by Crippen LogP contribution is -2.10. The Kier molecular flexibility index (Phi) is 4.70. The molecule has 0 saturated heterocycles. The van der Waals surface area contributed by atoms with Gasteiger partial charge >= 0.3 is 5.69 Å². The van der Waals surface area contributed by atoms with Crippen molar-refractivity contribution in [2.75, 3.05) is 25.1 Å². The Bertz CT molecular complexity index is 505. The number of hydrogen-bond acceptors (Lipinski definition) is 5. The maximum absolute atomic E-state index is 10.9. The van der Waals surface area contributed by atoms with Gasteiger partial charge in [-0.05, 0) is 12.8 Å². The zero-order valence-corrected chi connectivity index (χ0v) is 11.0. The molecule has 0 spiro atoms. The van der Waals surface area contributed by atoms with Crippen LogP contribution in [-0.2, 0) is 4.74 Å². The fraction of sp³-hybridized carbons (Fsp3) is 0.417. The van der Waals surface area contributed by atoms with E-state index in [2.05, 4.69) is 16.4 Å². The van der Waals surface area contributed by atoms with Crippen LogP contribution >= 0.6 is 11.6 Å². The van der Waals surface area contributed by atoms with Crippen LogP contribution in [0.4, 0.5) is 11.5 Å². The molecule has 0 amide bonds. The molecule has 2 heterocycles. The first kappa shape index (κ1) is 13.8. The van der Waals surface area contributed by atoms with E-state index in [0.717, 1.165) is 19.4 Å². The molecule has 1 aromatic rings. The first-order chi connectivity index (χ1) is 9.16. The zero-order valence-electron chi connectivity index (χ0n) is 10.3. The van der Waals surface area contributed by atoms with Crippen molar-refractivity contribution in [3.63, 3.8) is 0 Å². The molecule has 19 heavy (non-hydrogen) atoms. The summed E-state index contributed by atoms with van der Waals surface area (Å²) in [5.74, 6) is 0.252. The highest BCUT2D eigenvalue weighted by atomic mass is 35.5. The second-order valence-corrected chi connectivity index (χ2v) is 4.58. The van der Waals surface area contributed by atoms with E-state index in [1.807, 2.05) is 0 Å². The van der Waals surface area contributed by atoms with E-state index in [-0.39, 0.29) is 16.5 Å². The van der Waals surface area contributed by atoms with Gasteiger partial charge in [0, 0.05) is 18.8 Å². The Balaban J connectivity index is 1.95. The minimum atomic E-state index is -0.491. The van der Waals surface area contributed by atoms with Gasteiger partial charge < -0.3 is 10.1 Å². The summed E-state index contributed by atoms with van der Waals surface area (Å²) in [4.78, 5) is 14.3. The predicted molar refractivity (Wildman–Crippen MR) is 72.5 cm³/mol. The molecule has 0 fully saturated rings. The van der Waals surface area contributed by atoms with Gasteiger partial charge in [-0.15, -0.1) is 0 Å². The second kappa shape index (κ2) is 6.49. The Morgan fingerprint density at radius 1 is 1.58 bits per heavy atom. The summed E-state index contributed by atoms with van der Waals surface area (Å²) < 4.78 is 5.21. The highest BCUT2D eigenvalue weighted by Gasteiger charge is 2.15. The molecule has 6 nitrogen and oxygen atoms in total. The standard InChI is InChI=1S/C12H14ClN3O3/c13-10-7-11(16(17)18)12(15-8-10)14-4-1-9-2-5-19-6-3-9/h2,7-8H,1,3-6H2,(H,14,15). The molecule has 0 unspecified atom stereocenters. The molecule has 0 saturated carbocycles. The van der Waals surface area contributed by atoms with Crippen molar-refractivity contribution in [2.45, 2.75) is 12.8 Å². The zero-order chi connectivity index (χ0) is 13.7. The normalized spacial score (nSPS) is 14.9. The molecule has 1 aliphatic heterocycles. The number of aromatic nitrogens is 1. The molecule has 7 heteroatoms. The number of pyridine rings is 1. The van der Waals surface area contributed by atoms with Gasteiger partial charge in [0.05, 0.1) is 23.2 Å². The molecule has 0 aliphatic carbocycles. The van der Waals surface area contributed by atoms with E-state index in [1.165, 1.54) is 17.8 Å². The number of nitrogens with one attached hydrogen (secondary N) is 1. The molecule has 0 aromatic carbocycles. The van der Waals surface area contributed by atoms with Gasteiger partial charge in [0.25, 0.3) is 0 Å². The molecule has 1 N–H and O–H groups in total. The van der Waals surface area contributed by atoms with Gasteiger partial charge in [0.15, 0.2) is 0 Å². The second-order valence-electron chi connectivity index (χ2n) is 4.14. The third-order valence-electron chi connectivity index (χ3n) is 2.83. The number of rotatable bonds is 5. The van der Waals surface area contributed by atoms with Crippen molar-refractivity contribution in [3.05, 3.63) is 39.0 Å². The van der Waals surface area contributed by atoms with Gasteiger partial charge in [-0.1, -0.05) is 23.3 Å². The molecular weight excluding hydrogens is 270 g/mol. The van der Waals surface area contributed by atoms with Crippen LogP contribution in [0.1, 0.15) is 12.8 Å². The lowest BCUT2D eigenvalue weighted by Gasteiger charge is -2.13. The highest BCUT2D eigenvalue weighted by Crippen LogP contribution is 2.25. The quantitative estimate of drug-likeness (QED) is 0.511. The Morgan fingerprint density at radius 3 is 3.11 bits per heavy atom. The number of halogens is 1. The van der Waals surface area contributed by atoms with Crippen molar-refractivity contribution < 1.29 is 9.66 Å². The van der Waals surface area contributed by atoms with Gasteiger partial charge in [-0.25, -0.2) is 4.98 Å². The summed E-state index contributed by atoms with van der Waals surface area (Å²) in [6.07, 6.45) is 5.18. The van der Waals surface area contributed by atoms with Crippen LogP contribution in [0.25, 0.3) is 0 Å². The Morgan fingerprint density at radius 2 is 2.42 bits per heavy atom. The SMILES string of the molecule is O=[N+]([O-])c1cc(Cl)cnc1NCCC1=CCOCC1. The largest absolute Gasteiger partial charge is 0.377 e. The van der Waals surface area contributed by atoms with Crippen LogP contribution in [-0.4, -0.2) is 29.7 Å². The molecule has 0 bridgehead atoms. The smallest absolute Gasteiger partial charge is 0.312 e. The average molecular weight is 284 g/mol. The number of nitro groups is 1. The van der Waals surface area contributed by atoms with Crippen LogP contribution in [0.5, 0.6) is 0 Å². The van der Waals surface area contributed by atoms with Crippen molar-refractivity contribution >= 4 is 23.1 Å². The molecular formula is C12H14ClN3O3. The van der Waals surface area contributed by atoms with Crippen molar-refractivity contribution in [3.8, 4) is 0 Å². The first-order valence-corrected chi connectivity index (χ1v) is 6.34. The van der Waals surface area contributed by atoms with E-state index in [1.54, 1.807) is 0 Å². The van der Waals surface area contributed by atoms with Gasteiger partial charge in [0.1, 0.15) is 0 Å². The number of anilines is 1. The predicted octanol–water partition coefficient (Wildman–Crippen LogP) is 2.79. The van der Waals surface area contributed by atoms with E-state index in [4.69, 9.17) is 16.3 Å². The van der Waals surface area contributed by atoms with E-state index in [0.29, 0.717) is 13.2 Å². The third kappa shape index (κ3) is 3.90. The van der Waals surface area contributed by atoms with Crippen LogP contribution in [0.3, 0.4) is 0 Å². The molecule has 1 aliphatic rings. The summed E-state index contributed by atoms with van der Waals surface area (Å²) in [6, 6.07) is 1.30. The number of ether oxygens (including phenoxy) is 1. The van der Waals surface area contributed by atoms with Gasteiger partial charge in [0.2, 0.25) is 5.82 Å². The summed E-state index contributed by atoms with van der Waals surface area (Å²) in [5.41, 5.74) is 1.20. The van der Waals surface area contributed by atoms with Crippen LogP contribution in [0.2, 0.25) is 5.02 Å². The van der Waals surface area contributed by atoms with E-state index < -0.39 is 4.92 Å². The van der Waals surface area contributed by atoms with Crippen molar-refractivity contribution in [1.29, 1.82) is 0 Å². The van der Waals surface area contributed by atoms with E-state index in [9.17, 15) is 10.1 Å². The maximum Gasteiger partial charge on any atom is 0.312 e. The lowest BCUT2D eigenvalue weighted by molar-refractivity contribution is -0.384. The maximum atomic E-state index is 10.9. The van der Waals surface area contributed by atoms with E-state index >= 15 is 0 Å². The molecule has 1 aromatic heterocycles. The van der Waals surface area contributed by atoms with Gasteiger partial charge in [-0.3, -0.25) is 10.1 Å². The Labute approximate surface area is 115 Å². The minimum absolute atomic E-state index is 0.103. The van der Waals surface area contributed by atoms with Crippen molar-refractivity contribution in [2.24, 2.45) is 0 Å². The van der Waals surface area contributed by atoms with Crippen LogP contribution in [0.15, 0.2) is 23.9 Å². The molecule has 102 valence electrons. The summed E-state index contributed by atoms with van der Waals surface area (Å²) in [6.45, 7) is 1.99. The monoisotopic (exact) mass is 283 g/mol. The third-order valence-corrected chi connectivity index (χ3v) is 3.03. The minimum Gasteiger partial charge on any atom is -0.377 e. The molecule has 0 atom stereocenters. The van der Waals surface area contributed by atoms with Gasteiger partial charge in [-0.2, -0.15) is 0 Å². The van der Waals surface area contributed by atoms with Crippen LogP contribution in [0, 0.1) is 10.1 Å². The number of hydrogen-bond donors (Lipinski definition) is 1. The average Bonchev–Trinajstić information content (AvgIpc) is 2.41. The molecule has 0 radical (unpaired) electrons. The summed E-state index contributed by atoms with van der Waals surface area (Å²) >= 11 is 5.70.